The third-order valence-electron chi connectivity index (χ3n) is 3.49. The highest BCUT2D eigenvalue weighted by Crippen LogP contribution is 2.10. The predicted octanol–water partition coefficient (Wildman–Crippen LogP) is 2.30. The number of aryl methyl sites for hydroxylation is 1. The molecule has 0 radical (unpaired) electrons. The highest BCUT2D eigenvalue weighted by molar-refractivity contribution is 7.07. The Kier molecular flexibility index (Phi) is 5.81. The number of aromatic nitrogens is 2. The van der Waals surface area contributed by atoms with Gasteiger partial charge in [-0.1, -0.05) is 23.5 Å². The maximum Gasteiger partial charge on any atom is 0.265 e. The van der Waals surface area contributed by atoms with E-state index in [0.717, 1.165) is 23.5 Å². The van der Waals surface area contributed by atoms with Crippen molar-refractivity contribution in [2.45, 2.75) is 39.8 Å². The fraction of sp³-hybridized carbons (Fsp3) is 0.375. The van der Waals surface area contributed by atoms with Crippen molar-refractivity contribution >= 4 is 23.3 Å². The Morgan fingerprint density at radius 2 is 2.09 bits per heavy atom. The van der Waals surface area contributed by atoms with Crippen molar-refractivity contribution in [3.63, 3.8) is 0 Å². The summed E-state index contributed by atoms with van der Waals surface area (Å²) in [5, 5.41) is 9.57. The van der Waals surface area contributed by atoms with Crippen LogP contribution in [0.25, 0.3) is 0 Å². The lowest BCUT2D eigenvalue weighted by Gasteiger charge is -2.12. The van der Waals surface area contributed by atoms with E-state index >= 15 is 0 Å². The Bertz CT molecular complexity index is 699. The molecule has 2 N–H and O–H groups in total. The lowest BCUT2D eigenvalue weighted by molar-refractivity contribution is 0.0937. The molecule has 0 aliphatic heterocycles. The van der Waals surface area contributed by atoms with Crippen LogP contribution in [-0.2, 0) is 6.54 Å². The van der Waals surface area contributed by atoms with Crippen molar-refractivity contribution in [3.8, 4) is 0 Å². The Balaban J connectivity index is 1.99. The molecule has 0 saturated heterocycles. The second kappa shape index (κ2) is 7.82. The molecule has 0 spiro atoms. The molecule has 1 aromatic carbocycles. The summed E-state index contributed by atoms with van der Waals surface area (Å²) in [6.07, 6.45) is 0.879. The molecule has 0 fully saturated rings. The van der Waals surface area contributed by atoms with Gasteiger partial charge >= 0.3 is 0 Å². The van der Waals surface area contributed by atoms with E-state index in [2.05, 4.69) is 20.2 Å². The van der Waals surface area contributed by atoms with Gasteiger partial charge in [0.25, 0.3) is 11.8 Å². The number of benzene rings is 1. The van der Waals surface area contributed by atoms with Crippen molar-refractivity contribution in [3.05, 3.63) is 46.0 Å². The van der Waals surface area contributed by atoms with Crippen molar-refractivity contribution in [1.29, 1.82) is 0 Å². The second-order valence-corrected chi connectivity index (χ2v) is 6.11. The zero-order valence-corrected chi connectivity index (χ0v) is 14.2. The zero-order chi connectivity index (χ0) is 16.8. The van der Waals surface area contributed by atoms with Crippen LogP contribution in [0.2, 0.25) is 0 Å². The molecule has 0 aliphatic rings. The summed E-state index contributed by atoms with van der Waals surface area (Å²) in [5.41, 5.74) is 2.08. The standard InChI is InChI=1S/C16H20N4O2S/c1-4-10(2)18-15(21)13-7-5-6-12(8-13)9-17-16(22)14-11(3)19-20-23-14/h5-8,10H,4,9H2,1-3H3,(H,17,22)(H,18,21)/t10-/m0/s1. The Hall–Kier alpha value is -2.28. The topological polar surface area (TPSA) is 84.0 Å². The van der Waals surface area contributed by atoms with Gasteiger partial charge in [0.2, 0.25) is 0 Å². The van der Waals surface area contributed by atoms with Gasteiger partial charge in [-0.25, -0.2) is 0 Å². The van der Waals surface area contributed by atoms with Crippen molar-refractivity contribution in [1.82, 2.24) is 20.2 Å². The summed E-state index contributed by atoms with van der Waals surface area (Å²) in [7, 11) is 0. The number of rotatable bonds is 6. The largest absolute Gasteiger partial charge is 0.350 e. The number of carbonyl (C=O) groups is 2. The van der Waals surface area contributed by atoms with Gasteiger partial charge in [-0.05, 0) is 49.5 Å². The molecule has 2 rings (SSSR count). The molecule has 0 saturated carbocycles. The van der Waals surface area contributed by atoms with Gasteiger partial charge in [0.15, 0.2) is 0 Å². The summed E-state index contributed by atoms with van der Waals surface area (Å²) in [6, 6.07) is 7.37. The minimum Gasteiger partial charge on any atom is -0.350 e. The molecule has 6 nitrogen and oxygen atoms in total. The molecule has 0 aliphatic carbocycles. The molecule has 122 valence electrons. The average molecular weight is 332 g/mol. The van der Waals surface area contributed by atoms with E-state index < -0.39 is 0 Å². The lowest BCUT2D eigenvalue weighted by Crippen LogP contribution is -2.32. The molecular weight excluding hydrogens is 312 g/mol. The molecule has 1 aromatic heterocycles. The van der Waals surface area contributed by atoms with Crippen molar-refractivity contribution in [2.75, 3.05) is 0 Å². The number of nitrogens with one attached hydrogen (secondary N) is 2. The SMILES string of the molecule is CC[C@H](C)NC(=O)c1cccc(CNC(=O)c2snnc2C)c1. The van der Waals surface area contributed by atoms with Crippen LogP contribution in [0.3, 0.4) is 0 Å². The fourth-order valence-electron chi connectivity index (χ4n) is 1.93. The highest BCUT2D eigenvalue weighted by atomic mass is 32.1. The summed E-state index contributed by atoms with van der Waals surface area (Å²) >= 11 is 1.07. The first kappa shape index (κ1) is 17.1. The number of amides is 2. The summed E-state index contributed by atoms with van der Waals surface area (Å²) in [4.78, 5) is 24.7. The van der Waals surface area contributed by atoms with Crippen LogP contribution in [0.4, 0.5) is 0 Å². The normalized spacial score (nSPS) is 11.8. The van der Waals surface area contributed by atoms with E-state index in [9.17, 15) is 9.59 Å². The second-order valence-electron chi connectivity index (χ2n) is 5.35. The van der Waals surface area contributed by atoms with Crippen LogP contribution in [-0.4, -0.2) is 27.4 Å². The first-order valence-electron chi connectivity index (χ1n) is 7.48. The van der Waals surface area contributed by atoms with E-state index in [1.165, 1.54) is 0 Å². The van der Waals surface area contributed by atoms with Gasteiger partial charge in [-0.3, -0.25) is 9.59 Å². The minimum absolute atomic E-state index is 0.102. The molecule has 23 heavy (non-hydrogen) atoms. The number of nitrogens with zero attached hydrogens (tertiary/aromatic N) is 2. The summed E-state index contributed by atoms with van der Waals surface area (Å²) in [6.45, 7) is 6.08. The van der Waals surface area contributed by atoms with E-state index in [-0.39, 0.29) is 17.9 Å². The summed E-state index contributed by atoms with van der Waals surface area (Å²) in [5.74, 6) is -0.304. The first-order valence-corrected chi connectivity index (χ1v) is 8.25. The third kappa shape index (κ3) is 4.59. The minimum atomic E-state index is -0.202. The molecular formula is C16H20N4O2S. The quantitative estimate of drug-likeness (QED) is 0.850. The smallest absolute Gasteiger partial charge is 0.265 e. The molecule has 2 aromatic rings. The predicted molar refractivity (Wildman–Crippen MR) is 89.5 cm³/mol. The molecule has 0 bridgehead atoms. The van der Waals surface area contributed by atoms with Crippen molar-refractivity contribution in [2.24, 2.45) is 0 Å². The Morgan fingerprint density at radius 1 is 1.30 bits per heavy atom. The van der Waals surface area contributed by atoms with E-state index in [1.54, 1.807) is 19.1 Å². The lowest BCUT2D eigenvalue weighted by atomic mass is 10.1. The van der Waals surface area contributed by atoms with E-state index in [1.807, 2.05) is 26.0 Å². The van der Waals surface area contributed by atoms with Gasteiger partial charge in [0, 0.05) is 18.2 Å². The maximum atomic E-state index is 12.1. The van der Waals surface area contributed by atoms with Gasteiger partial charge in [-0.2, -0.15) is 0 Å². The Morgan fingerprint density at radius 3 is 2.74 bits per heavy atom. The van der Waals surface area contributed by atoms with Crippen LogP contribution >= 0.6 is 11.5 Å². The van der Waals surface area contributed by atoms with Crippen LogP contribution in [0.5, 0.6) is 0 Å². The molecule has 0 unspecified atom stereocenters. The van der Waals surface area contributed by atoms with Crippen molar-refractivity contribution < 1.29 is 9.59 Å². The number of hydrogen-bond donors (Lipinski definition) is 2. The van der Waals surface area contributed by atoms with Gasteiger partial charge < -0.3 is 10.6 Å². The average Bonchev–Trinajstić information content (AvgIpc) is 2.98. The van der Waals surface area contributed by atoms with Crippen LogP contribution in [0.15, 0.2) is 24.3 Å². The van der Waals surface area contributed by atoms with Gasteiger partial charge in [0.1, 0.15) is 4.88 Å². The number of carbonyl (C=O) groups excluding carboxylic acids is 2. The monoisotopic (exact) mass is 332 g/mol. The third-order valence-corrected chi connectivity index (χ3v) is 4.32. The zero-order valence-electron chi connectivity index (χ0n) is 13.4. The molecule has 7 heteroatoms. The molecule has 1 atom stereocenters. The molecule has 2 amide bonds. The van der Waals surface area contributed by atoms with Crippen LogP contribution in [0, 0.1) is 6.92 Å². The Labute approximate surface area is 139 Å². The van der Waals surface area contributed by atoms with Gasteiger partial charge in [0.05, 0.1) is 5.69 Å². The van der Waals surface area contributed by atoms with E-state index in [0.29, 0.717) is 22.7 Å². The maximum absolute atomic E-state index is 12.1. The fourth-order valence-corrected chi connectivity index (χ4v) is 2.51. The van der Waals surface area contributed by atoms with E-state index in [4.69, 9.17) is 0 Å². The van der Waals surface area contributed by atoms with Crippen LogP contribution in [0.1, 0.15) is 51.6 Å². The first-order chi connectivity index (χ1) is 11.0. The van der Waals surface area contributed by atoms with Gasteiger partial charge in [-0.15, -0.1) is 5.10 Å². The summed E-state index contributed by atoms with van der Waals surface area (Å²) < 4.78 is 3.75. The van der Waals surface area contributed by atoms with Crippen LogP contribution < -0.4 is 10.6 Å². The molecule has 1 heterocycles. The highest BCUT2D eigenvalue weighted by Gasteiger charge is 2.13. The number of hydrogen-bond acceptors (Lipinski definition) is 5.